The molecule has 1 fully saturated rings. The molecule has 0 radical (unpaired) electrons. The van der Waals surface area contributed by atoms with E-state index in [4.69, 9.17) is 0 Å². The Hall–Kier alpha value is -1.95. The van der Waals surface area contributed by atoms with Gasteiger partial charge < -0.3 is 5.32 Å². The minimum absolute atomic E-state index is 0.431. The van der Waals surface area contributed by atoms with Crippen LogP contribution in [-0.4, -0.2) is 25.6 Å². The van der Waals surface area contributed by atoms with Gasteiger partial charge in [-0.3, -0.25) is 4.98 Å². The number of pyridine rings is 1. The van der Waals surface area contributed by atoms with Gasteiger partial charge in [-0.25, -0.2) is 9.50 Å². The molecule has 1 aliphatic rings. The molecule has 4 rings (SSSR count). The fourth-order valence-corrected chi connectivity index (χ4v) is 4.27. The zero-order valence-electron chi connectivity index (χ0n) is 13.5. The van der Waals surface area contributed by atoms with Gasteiger partial charge in [0, 0.05) is 24.0 Å². The van der Waals surface area contributed by atoms with E-state index < -0.39 is 0 Å². The van der Waals surface area contributed by atoms with Crippen molar-refractivity contribution in [3.63, 3.8) is 0 Å². The number of anilines is 1. The number of hydrogen-bond acceptors (Lipinski definition) is 5. The highest BCUT2D eigenvalue weighted by atomic mass is 32.1. The molecule has 0 aromatic carbocycles. The van der Waals surface area contributed by atoms with Gasteiger partial charge in [-0.2, -0.15) is 0 Å². The van der Waals surface area contributed by atoms with Gasteiger partial charge in [0.1, 0.15) is 0 Å². The molecule has 0 amide bonds. The van der Waals surface area contributed by atoms with Crippen LogP contribution in [0.4, 0.5) is 5.13 Å². The molecule has 0 bridgehead atoms. The Balaban J connectivity index is 1.53. The van der Waals surface area contributed by atoms with Crippen LogP contribution < -0.4 is 5.32 Å². The Morgan fingerprint density at radius 1 is 1.39 bits per heavy atom. The summed E-state index contributed by atoms with van der Waals surface area (Å²) in [5.41, 5.74) is 2.37. The van der Waals surface area contributed by atoms with Crippen LogP contribution in [0.5, 0.6) is 0 Å². The van der Waals surface area contributed by atoms with Crippen LogP contribution in [0.1, 0.15) is 39.5 Å². The Kier molecular flexibility index (Phi) is 3.56. The van der Waals surface area contributed by atoms with Crippen molar-refractivity contribution in [2.75, 3.05) is 5.32 Å². The van der Waals surface area contributed by atoms with Gasteiger partial charge in [0.2, 0.25) is 10.1 Å². The van der Waals surface area contributed by atoms with Crippen molar-refractivity contribution in [1.82, 2.24) is 19.6 Å². The normalized spacial score (nSPS) is 20.7. The predicted octanol–water partition coefficient (Wildman–Crippen LogP) is 4.23. The van der Waals surface area contributed by atoms with E-state index in [0.717, 1.165) is 21.3 Å². The third kappa shape index (κ3) is 3.08. The molecule has 1 unspecified atom stereocenters. The first-order chi connectivity index (χ1) is 11.1. The maximum atomic E-state index is 4.66. The SMILES string of the molecule is CC1(C)CCCC(Nc2nn3cc(-c4cccnc4)nc3s2)C1. The molecular weight excluding hydrogens is 306 g/mol. The molecule has 3 aromatic rings. The van der Waals surface area contributed by atoms with Crippen LogP contribution >= 0.6 is 11.3 Å². The maximum Gasteiger partial charge on any atom is 0.214 e. The van der Waals surface area contributed by atoms with Crippen molar-refractivity contribution in [2.45, 2.75) is 45.6 Å². The molecule has 0 aliphatic heterocycles. The molecule has 1 atom stereocenters. The third-order valence-corrected chi connectivity index (χ3v) is 5.39. The van der Waals surface area contributed by atoms with Gasteiger partial charge in [0.15, 0.2) is 0 Å². The number of rotatable bonds is 3. The molecule has 1 saturated carbocycles. The Morgan fingerprint density at radius 3 is 3.04 bits per heavy atom. The fraction of sp³-hybridized carbons (Fsp3) is 0.471. The van der Waals surface area contributed by atoms with E-state index in [2.05, 4.69) is 34.2 Å². The van der Waals surface area contributed by atoms with Gasteiger partial charge in [-0.05, 0) is 36.8 Å². The summed E-state index contributed by atoms with van der Waals surface area (Å²) in [4.78, 5) is 9.73. The molecule has 3 heterocycles. The molecule has 3 aromatic heterocycles. The van der Waals surface area contributed by atoms with Gasteiger partial charge in [0.05, 0.1) is 11.9 Å². The van der Waals surface area contributed by atoms with Crippen molar-refractivity contribution < 1.29 is 0 Å². The summed E-state index contributed by atoms with van der Waals surface area (Å²) < 4.78 is 1.86. The van der Waals surface area contributed by atoms with E-state index >= 15 is 0 Å². The molecule has 5 nitrogen and oxygen atoms in total. The monoisotopic (exact) mass is 327 g/mol. The van der Waals surface area contributed by atoms with Crippen LogP contribution in [0.2, 0.25) is 0 Å². The highest BCUT2D eigenvalue weighted by molar-refractivity contribution is 7.20. The average Bonchev–Trinajstić information content (AvgIpc) is 3.05. The summed E-state index contributed by atoms with van der Waals surface area (Å²) in [5.74, 6) is 0. The van der Waals surface area contributed by atoms with E-state index in [1.807, 2.05) is 29.0 Å². The van der Waals surface area contributed by atoms with Gasteiger partial charge >= 0.3 is 0 Å². The van der Waals surface area contributed by atoms with Crippen LogP contribution in [0.25, 0.3) is 16.2 Å². The number of hydrogen-bond donors (Lipinski definition) is 1. The summed E-state index contributed by atoms with van der Waals surface area (Å²) in [5, 5.41) is 9.21. The van der Waals surface area contributed by atoms with Crippen molar-refractivity contribution in [1.29, 1.82) is 0 Å². The molecule has 0 saturated heterocycles. The Bertz CT molecular complexity index is 773. The van der Waals surface area contributed by atoms with E-state index in [1.54, 1.807) is 17.5 Å². The quantitative estimate of drug-likeness (QED) is 0.782. The third-order valence-electron chi connectivity index (χ3n) is 4.53. The highest BCUT2D eigenvalue weighted by Gasteiger charge is 2.28. The molecule has 0 spiro atoms. The number of nitrogens with zero attached hydrogens (tertiary/aromatic N) is 4. The lowest BCUT2D eigenvalue weighted by Crippen LogP contribution is -2.31. The van der Waals surface area contributed by atoms with Crippen molar-refractivity contribution >= 4 is 21.4 Å². The Morgan fingerprint density at radius 2 is 2.30 bits per heavy atom. The minimum atomic E-state index is 0.431. The summed E-state index contributed by atoms with van der Waals surface area (Å²) in [6.07, 6.45) is 10.6. The van der Waals surface area contributed by atoms with E-state index in [-0.39, 0.29) is 0 Å². The zero-order valence-corrected chi connectivity index (χ0v) is 14.3. The minimum Gasteiger partial charge on any atom is -0.357 e. The zero-order chi connectivity index (χ0) is 15.9. The number of nitrogens with one attached hydrogen (secondary N) is 1. The summed E-state index contributed by atoms with van der Waals surface area (Å²) in [7, 11) is 0. The smallest absolute Gasteiger partial charge is 0.214 e. The summed E-state index contributed by atoms with van der Waals surface area (Å²) >= 11 is 1.62. The molecular formula is C17H21N5S. The number of fused-ring (bicyclic) bond motifs is 1. The Labute approximate surface area is 139 Å². The lowest BCUT2D eigenvalue weighted by molar-refractivity contribution is 0.229. The first kappa shape index (κ1) is 14.6. The second kappa shape index (κ2) is 5.60. The largest absolute Gasteiger partial charge is 0.357 e. The number of aromatic nitrogens is 4. The van der Waals surface area contributed by atoms with Crippen LogP contribution in [0, 0.1) is 5.41 Å². The van der Waals surface area contributed by atoms with Crippen molar-refractivity contribution in [3.8, 4) is 11.3 Å². The number of imidazole rings is 1. The standard InChI is InChI=1S/C17H21N5S/c1-17(2)7-3-6-13(9-17)19-15-21-22-11-14(20-16(22)23-15)12-5-4-8-18-10-12/h4-5,8,10-11,13H,3,6-7,9H2,1-2H3,(H,19,21). The summed E-state index contributed by atoms with van der Waals surface area (Å²) in [6, 6.07) is 4.46. The molecule has 6 heteroatoms. The van der Waals surface area contributed by atoms with Gasteiger partial charge in [0.25, 0.3) is 0 Å². The van der Waals surface area contributed by atoms with Crippen molar-refractivity contribution in [2.24, 2.45) is 5.41 Å². The fourth-order valence-electron chi connectivity index (χ4n) is 3.41. The van der Waals surface area contributed by atoms with Crippen LogP contribution in [-0.2, 0) is 0 Å². The van der Waals surface area contributed by atoms with Crippen LogP contribution in [0.3, 0.4) is 0 Å². The predicted molar refractivity (Wildman–Crippen MR) is 93.8 cm³/mol. The topological polar surface area (TPSA) is 55.1 Å². The van der Waals surface area contributed by atoms with Gasteiger partial charge in [-0.15, -0.1) is 5.10 Å². The van der Waals surface area contributed by atoms with Crippen LogP contribution in [0.15, 0.2) is 30.7 Å². The molecule has 23 heavy (non-hydrogen) atoms. The molecule has 1 N–H and O–H groups in total. The van der Waals surface area contributed by atoms with E-state index in [9.17, 15) is 0 Å². The lowest BCUT2D eigenvalue weighted by atomic mass is 9.75. The van der Waals surface area contributed by atoms with E-state index in [1.165, 1.54) is 25.7 Å². The lowest BCUT2D eigenvalue weighted by Gasteiger charge is -2.35. The second-order valence-electron chi connectivity index (χ2n) is 7.10. The van der Waals surface area contributed by atoms with Gasteiger partial charge in [-0.1, -0.05) is 31.6 Å². The maximum absolute atomic E-state index is 4.66. The molecule has 120 valence electrons. The highest BCUT2D eigenvalue weighted by Crippen LogP contribution is 2.36. The average molecular weight is 327 g/mol. The second-order valence-corrected chi connectivity index (χ2v) is 8.06. The first-order valence-corrected chi connectivity index (χ1v) is 8.94. The molecule has 1 aliphatic carbocycles. The summed E-state index contributed by atoms with van der Waals surface area (Å²) in [6.45, 7) is 4.71. The van der Waals surface area contributed by atoms with Crippen molar-refractivity contribution in [3.05, 3.63) is 30.7 Å². The van der Waals surface area contributed by atoms with E-state index in [0.29, 0.717) is 11.5 Å². The first-order valence-electron chi connectivity index (χ1n) is 8.12.